The summed E-state index contributed by atoms with van der Waals surface area (Å²) in [5.41, 5.74) is -14.3. The van der Waals surface area contributed by atoms with Crippen molar-refractivity contribution in [1.82, 2.24) is 0 Å². The maximum atomic E-state index is 15.4. The highest BCUT2D eigenvalue weighted by atomic mass is 19.2. The van der Waals surface area contributed by atoms with Gasteiger partial charge in [-0.3, -0.25) is 0 Å². The standard InChI is InChI=1S/C30H63N.C24BF20/c1-4-7-10-13-16-19-22-25-28-31(29-26-23-20-17-14-11-8-5-2)30-27-24-21-18-15-12-9-6-3;26-5-1(6(27)14(35)21(42)13(5)34)25(2-7(28)15(36)22(43)16(37)8(2)29,3-9(30)17(38)23(44)18(39)10(3)31)4-11(32)19(40)24(45)20(41)12(4)33/h4-30H2,1-3H3;/q;-1/p+1. The highest BCUT2D eigenvalue weighted by Crippen LogP contribution is 2.31. The molecule has 0 unspecified atom stereocenters. The van der Waals surface area contributed by atoms with Crippen LogP contribution < -0.4 is 26.8 Å². The summed E-state index contributed by atoms with van der Waals surface area (Å²) in [5.74, 6) is -71.4. The molecule has 0 atom stereocenters. The third-order valence-corrected chi connectivity index (χ3v) is 13.9. The molecule has 0 aromatic heterocycles. The first kappa shape index (κ1) is 65.8. The van der Waals surface area contributed by atoms with Gasteiger partial charge in [0.05, 0.1) is 19.6 Å². The lowest BCUT2D eigenvalue weighted by molar-refractivity contribution is -0.900. The second-order valence-corrected chi connectivity index (χ2v) is 19.2. The Labute approximate surface area is 430 Å². The summed E-state index contributed by atoms with van der Waals surface area (Å²) in [6.07, 6.45) is 27.7. The average Bonchev–Trinajstić information content (AvgIpc) is 3.40. The first-order valence-corrected chi connectivity index (χ1v) is 26.1. The molecule has 428 valence electrons. The van der Waals surface area contributed by atoms with Gasteiger partial charge in [0.2, 0.25) is 0 Å². The van der Waals surface area contributed by atoms with Crippen molar-refractivity contribution in [1.29, 1.82) is 0 Å². The number of hydrogen-bond donors (Lipinski definition) is 1. The van der Waals surface area contributed by atoms with Crippen molar-refractivity contribution >= 4 is 28.0 Å². The molecule has 0 radical (unpaired) electrons. The van der Waals surface area contributed by atoms with E-state index in [1.165, 1.54) is 174 Å². The normalized spacial score (nSPS) is 11.8. The molecule has 0 saturated carbocycles. The van der Waals surface area contributed by atoms with Gasteiger partial charge < -0.3 is 4.90 Å². The van der Waals surface area contributed by atoms with Crippen molar-refractivity contribution in [2.24, 2.45) is 0 Å². The molecule has 1 N–H and O–H groups in total. The van der Waals surface area contributed by atoms with Crippen molar-refractivity contribution in [2.45, 2.75) is 175 Å². The smallest absolute Gasteiger partial charge is 0.200 e. The quantitative estimate of drug-likeness (QED) is 0.0168. The summed E-state index contributed by atoms with van der Waals surface area (Å²) in [5, 5.41) is 0. The molecule has 0 aliphatic heterocycles. The molecular formula is C54H64BF20N. The third-order valence-electron chi connectivity index (χ3n) is 13.9. The summed E-state index contributed by atoms with van der Waals surface area (Å²) in [7, 11) is 0. The number of benzene rings is 4. The van der Waals surface area contributed by atoms with E-state index in [9.17, 15) is 52.7 Å². The van der Waals surface area contributed by atoms with E-state index in [2.05, 4.69) is 20.8 Å². The highest BCUT2D eigenvalue weighted by Gasteiger charge is 2.52. The van der Waals surface area contributed by atoms with Crippen molar-refractivity contribution in [2.75, 3.05) is 19.6 Å². The lowest BCUT2D eigenvalue weighted by atomic mass is 9.12. The molecule has 4 aromatic rings. The van der Waals surface area contributed by atoms with Gasteiger partial charge in [-0.05, 0) is 38.5 Å². The molecule has 22 heteroatoms. The number of nitrogens with one attached hydrogen (secondary N) is 1. The van der Waals surface area contributed by atoms with Gasteiger partial charge >= 0.3 is 0 Å². The minimum Gasteiger partial charge on any atom is -0.335 e. The van der Waals surface area contributed by atoms with E-state index >= 15 is 35.1 Å². The second-order valence-electron chi connectivity index (χ2n) is 19.2. The van der Waals surface area contributed by atoms with E-state index in [1.807, 2.05) is 4.90 Å². The van der Waals surface area contributed by atoms with E-state index < -0.39 is 144 Å². The topological polar surface area (TPSA) is 4.44 Å². The van der Waals surface area contributed by atoms with Crippen LogP contribution in [0.25, 0.3) is 0 Å². The van der Waals surface area contributed by atoms with Crippen LogP contribution in [-0.4, -0.2) is 25.8 Å². The van der Waals surface area contributed by atoms with Gasteiger partial charge in [0.15, 0.2) is 69.8 Å². The van der Waals surface area contributed by atoms with Gasteiger partial charge in [0.25, 0.3) is 0 Å². The Morgan fingerprint density at radius 1 is 0.197 bits per heavy atom. The van der Waals surface area contributed by atoms with Gasteiger partial charge in [-0.15, -0.1) is 21.9 Å². The molecule has 0 fully saturated rings. The summed E-state index contributed by atoms with van der Waals surface area (Å²) in [6, 6.07) is 0. The molecule has 0 heterocycles. The zero-order valence-corrected chi connectivity index (χ0v) is 42.7. The SMILES string of the molecule is CCCCCCCCCC[NH+](CCCCCCCCCC)CCCCCCCCCC.Fc1c(F)c(F)c([B-](c2c(F)c(F)c(F)c(F)c2F)(c2c(F)c(F)c(F)c(F)c2F)c2c(F)c(F)c(F)c(F)c2F)c(F)c1F. The monoisotopic (exact) mass is 1120 g/mol. The lowest BCUT2D eigenvalue weighted by Crippen LogP contribution is -3.12. The molecule has 0 saturated heterocycles. The Kier molecular flexibility index (Phi) is 27.5. The predicted molar refractivity (Wildman–Crippen MR) is 253 cm³/mol. The van der Waals surface area contributed by atoms with Crippen LogP contribution >= 0.6 is 0 Å². The van der Waals surface area contributed by atoms with Crippen LogP contribution in [0.15, 0.2) is 0 Å². The number of quaternary nitrogens is 1. The first-order valence-electron chi connectivity index (χ1n) is 26.1. The number of rotatable bonds is 31. The molecule has 0 bridgehead atoms. The Bertz CT molecular complexity index is 2070. The van der Waals surface area contributed by atoms with Gasteiger partial charge in [0.1, 0.15) is 52.7 Å². The Morgan fingerprint density at radius 3 is 0.487 bits per heavy atom. The van der Waals surface area contributed by atoms with E-state index in [-0.39, 0.29) is 0 Å². The van der Waals surface area contributed by atoms with Crippen molar-refractivity contribution in [3.63, 3.8) is 0 Å². The number of hydrogen-bond acceptors (Lipinski definition) is 0. The van der Waals surface area contributed by atoms with Crippen molar-refractivity contribution < 1.29 is 92.7 Å². The van der Waals surface area contributed by atoms with Gasteiger partial charge in [-0.2, -0.15) is 0 Å². The Balaban J connectivity index is 0.000000432. The molecule has 0 amide bonds. The fourth-order valence-corrected chi connectivity index (χ4v) is 9.78. The minimum absolute atomic E-state index is 1.37. The second kappa shape index (κ2) is 31.8. The molecule has 76 heavy (non-hydrogen) atoms. The highest BCUT2D eigenvalue weighted by molar-refractivity contribution is 7.20. The van der Waals surface area contributed by atoms with Gasteiger partial charge in [-0.25, -0.2) is 87.8 Å². The third kappa shape index (κ3) is 15.4. The largest absolute Gasteiger partial charge is 0.335 e. The fraction of sp³-hybridized carbons (Fsp3) is 0.556. The maximum Gasteiger partial charge on any atom is 0.200 e. The maximum absolute atomic E-state index is 15.4. The minimum atomic E-state index is -7.22. The molecule has 4 aromatic carbocycles. The number of unbranched alkanes of at least 4 members (excludes halogenated alkanes) is 21. The molecule has 4 rings (SSSR count). The molecule has 0 aliphatic carbocycles. The lowest BCUT2D eigenvalue weighted by Gasteiger charge is -2.44. The average molecular weight is 1120 g/mol. The van der Waals surface area contributed by atoms with Crippen LogP contribution in [0.5, 0.6) is 0 Å². The van der Waals surface area contributed by atoms with Crippen LogP contribution in [-0.2, 0) is 0 Å². The van der Waals surface area contributed by atoms with Crippen LogP contribution in [0.4, 0.5) is 87.8 Å². The number of halogens is 20. The first-order chi connectivity index (χ1) is 36.0. The van der Waals surface area contributed by atoms with Crippen LogP contribution in [0.1, 0.15) is 175 Å². The predicted octanol–water partition coefficient (Wildman–Crippen LogP) is 15.1. The molecule has 0 spiro atoms. The molecule has 1 nitrogen and oxygen atoms in total. The summed E-state index contributed by atoms with van der Waals surface area (Å²) < 4.78 is 294. The Morgan fingerprint density at radius 2 is 0.329 bits per heavy atom. The van der Waals surface area contributed by atoms with Crippen molar-refractivity contribution in [3.8, 4) is 0 Å². The van der Waals surface area contributed by atoms with E-state index in [1.54, 1.807) is 0 Å². The van der Waals surface area contributed by atoms with E-state index in [4.69, 9.17) is 0 Å². The van der Waals surface area contributed by atoms with Gasteiger partial charge in [0, 0.05) is 0 Å². The zero-order valence-electron chi connectivity index (χ0n) is 42.7. The van der Waals surface area contributed by atoms with E-state index in [0.717, 1.165) is 0 Å². The van der Waals surface area contributed by atoms with Crippen molar-refractivity contribution in [3.05, 3.63) is 116 Å². The summed E-state index contributed by atoms with van der Waals surface area (Å²) in [6.45, 7) is 11.3. The summed E-state index contributed by atoms with van der Waals surface area (Å²) in [4.78, 5) is 1.93. The molecule has 0 aliphatic rings. The van der Waals surface area contributed by atoms with Crippen LogP contribution in [0.3, 0.4) is 0 Å². The Hall–Kier alpha value is -4.50. The summed E-state index contributed by atoms with van der Waals surface area (Å²) >= 11 is 0. The van der Waals surface area contributed by atoms with Gasteiger partial charge in [-0.1, -0.05) is 136 Å². The van der Waals surface area contributed by atoms with Crippen LogP contribution in [0.2, 0.25) is 0 Å². The zero-order chi connectivity index (χ0) is 57.0. The fourth-order valence-electron chi connectivity index (χ4n) is 9.78. The van der Waals surface area contributed by atoms with Crippen LogP contribution in [0, 0.1) is 116 Å². The molecular weight excluding hydrogens is 1050 g/mol. The van der Waals surface area contributed by atoms with E-state index in [0.29, 0.717) is 0 Å².